The first-order chi connectivity index (χ1) is 8.97. The molecule has 0 aliphatic carbocycles. The molecule has 0 saturated heterocycles. The lowest BCUT2D eigenvalue weighted by molar-refractivity contribution is 0.157. The Balaban J connectivity index is 2.86. The molecule has 0 saturated carbocycles. The van der Waals surface area contributed by atoms with Gasteiger partial charge in [-0.2, -0.15) is 0 Å². The molecule has 4 heteroatoms. The molecule has 0 atom stereocenters. The van der Waals surface area contributed by atoms with Crippen molar-refractivity contribution in [3.63, 3.8) is 0 Å². The highest BCUT2D eigenvalue weighted by atomic mass is 35.5. The van der Waals surface area contributed by atoms with Crippen LogP contribution in [0.2, 0.25) is 10.2 Å². The molecule has 108 valence electrons. The maximum Gasteiger partial charge on any atom is 0.130 e. The van der Waals surface area contributed by atoms with Gasteiger partial charge in [-0.3, -0.25) is 4.90 Å². The van der Waals surface area contributed by atoms with E-state index in [2.05, 4.69) is 37.6 Å². The highest BCUT2D eigenvalue weighted by Crippen LogP contribution is 2.22. The van der Waals surface area contributed by atoms with Crippen LogP contribution in [0.5, 0.6) is 0 Å². The minimum absolute atomic E-state index is 0.451. The molecule has 0 radical (unpaired) electrons. The number of halogens is 2. The summed E-state index contributed by atoms with van der Waals surface area (Å²) in [6, 6.07) is 2.31. The Morgan fingerprint density at radius 3 is 2.32 bits per heavy atom. The van der Waals surface area contributed by atoms with Gasteiger partial charge in [0.2, 0.25) is 0 Å². The molecule has 0 aromatic carbocycles. The number of aromatic nitrogens is 1. The second kappa shape index (κ2) is 8.08. The molecule has 1 aromatic heterocycles. The largest absolute Gasteiger partial charge is 0.296 e. The molecule has 2 nitrogen and oxygen atoms in total. The van der Waals surface area contributed by atoms with Crippen LogP contribution in [0.25, 0.3) is 0 Å². The quantitative estimate of drug-likeness (QED) is 0.656. The number of hydrogen-bond acceptors (Lipinski definition) is 2. The fourth-order valence-electron chi connectivity index (χ4n) is 2.39. The third-order valence-electron chi connectivity index (χ3n) is 3.33. The molecule has 0 aliphatic rings. The van der Waals surface area contributed by atoms with Crippen LogP contribution in [0, 0.1) is 5.92 Å². The average molecular weight is 303 g/mol. The molecular weight excluding hydrogens is 279 g/mol. The summed E-state index contributed by atoms with van der Waals surface area (Å²) in [7, 11) is 0. The molecule has 0 aliphatic heterocycles. The van der Waals surface area contributed by atoms with E-state index >= 15 is 0 Å². The summed E-state index contributed by atoms with van der Waals surface area (Å²) in [6.07, 6.45) is 4.10. The van der Waals surface area contributed by atoms with Crippen molar-refractivity contribution in [2.75, 3.05) is 6.54 Å². The summed E-state index contributed by atoms with van der Waals surface area (Å²) in [5.74, 6) is 0.639. The monoisotopic (exact) mass is 302 g/mol. The van der Waals surface area contributed by atoms with Crippen molar-refractivity contribution in [1.82, 2.24) is 9.88 Å². The van der Waals surface area contributed by atoms with Crippen molar-refractivity contribution in [1.29, 1.82) is 0 Å². The Hall–Kier alpha value is -0.310. The van der Waals surface area contributed by atoms with Gasteiger partial charge in [-0.1, -0.05) is 50.9 Å². The summed E-state index contributed by atoms with van der Waals surface area (Å²) < 4.78 is 0. The molecular formula is C15H24Cl2N2. The van der Waals surface area contributed by atoms with Crippen molar-refractivity contribution in [3.05, 3.63) is 28.0 Å². The normalized spacial score (nSPS) is 11.8. The van der Waals surface area contributed by atoms with Gasteiger partial charge in [-0.25, -0.2) is 4.98 Å². The van der Waals surface area contributed by atoms with Gasteiger partial charge < -0.3 is 0 Å². The molecule has 0 fully saturated rings. The van der Waals surface area contributed by atoms with E-state index < -0.39 is 0 Å². The van der Waals surface area contributed by atoms with Crippen molar-refractivity contribution < 1.29 is 0 Å². The van der Waals surface area contributed by atoms with E-state index in [0.717, 1.165) is 31.5 Å². The third-order valence-corrected chi connectivity index (χ3v) is 3.89. The molecule has 0 bridgehead atoms. The van der Waals surface area contributed by atoms with Gasteiger partial charge >= 0.3 is 0 Å². The van der Waals surface area contributed by atoms with Crippen LogP contribution in [0.3, 0.4) is 0 Å². The second-order valence-electron chi connectivity index (χ2n) is 5.39. The Morgan fingerprint density at radius 1 is 1.21 bits per heavy atom. The number of hydrogen-bond donors (Lipinski definition) is 0. The Bertz CT molecular complexity index is 390. The highest BCUT2D eigenvalue weighted by molar-refractivity contribution is 6.34. The lowest BCUT2D eigenvalue weighted by Crippen LogP contribution is -2.36. The van der Waals surface area contributed by atoms with Gasteiger partial charge in [0.15, 0.2) is 0 Å². The fourth-order valence-corrected chi connectivity index (χ4v) is 2.81. The predicted octanol–water partition coefficient (Wildman–Crippen LogP) is 5.04. The van der Waals surface area contributed by atoms with E-state index in [1.807, 2.05) is 0 Å². The molecule has 1 aromatic rings. The van der Waals surface area contributed by atoms with E-state index in [9.17, 15) is 0 Å². The topological polar surface area (TPSA) is 16.1 Å². The summed E-state index contributed by atoms with van der Waals surface area (Å²) in [5.41, 5.74) is 1.05. The molecule has 0 spiro atoms. The molecule has 0 N–H and O–H groups in total. The molecule has 0 amide bonds. The van der Waals surface area contributed by atoms with E-state index in [1.54, 1.807) is 12.3 Å². The lowest BCUT2D eigenvalue weighted by atomic mass is 10.1. The van der Waals surface area contributed by atoms with Gasteiger partial charge in [0.1, 0.15) is 5.15 Å². The Kier molecular flexibility index (Phi) is 7.12. The highest BCUT2D eigenvalue weighted by Gasteiger charge is 2.18. The standard InChI is InChI=1S/C15H24Cl2N2/c1-5-13(6-2)19(9-11(3)4)10-12-8-18-15(17)7-14(12)16/h7-8,11,13H,5-6,9-10H2,1-4H3. The number of rotatable bonds is 7. The maximum absolute atomic E-state index is 6.25. The van der Waals surface area contributed by atoms with Crippen molar-refractivity contribution in [3.8, 4) is 0 Å². The van der Waals surface area contributed by atoms with E-state index in [0.29, 0.717) is 22.1 Å². The first-order valence-electron chi connectivity index (χ1n) is 7.01. The SMILES string of the molecule is CCC(CC)N(Cc1cnc(Cl)cc1Cl)CC(C)C. The van der Waals surface area contributed by atoms with Crippen LogP contribution in [0.1, 0.15) is 46.1 Å². The first kappa shape index (κ1) is 16.7. The van der Waals surface area contributed by atoms with E-state index in [4.69, 9.17) is 23.2 Å². The summed E-state index contributed by atoms with van der Waals surface area (Å²) in [4.78, 5) is 6.64. The van der Waals surface area contributed by atoms with Gasteiger partial charge in [0, 0.05) is 35.9 Å². The zero-order valence-electron chi connectivity index (χ0n) is 12.3. The van der Waals surface area contributed by atoms with Crippen molar-refractivity contribution in [2.45, 2.75) is 53.1 Å². The maximum atomic E-state index is 6.25. The number of nitrogens with zero attached hydrogens (tertiary/aromatic N) is 2. The van der Waals surface area contributed by atoms with Crippen molar-refractivity contribution >= 4 is 23.2 Å². The van der Waals surface area contributed by atoms with Gasteiger partial charge in [0.05, 0.1) is 0 Å². The van der Waals surface area contributed by atoms with Gasteiger partial charge in [-0.15, -0.1) is 0 Å². The summed E-state index contributed by atoms with van der Waals surface area (Å²) in [6.45, 7) is 10.9. The Morgan fingerprint density at radius 2 is 1.84 bits per heavy atom. The molecule has 1 heterocycles. The zero-order valence-corrected chi connectivity index (χ0v) is 13.8. The summed E-state index contributed by atoms with van der Waals surface area (Å²) >= 11 is 12.1. The fraction of sp³-hybridized carbons (Fsp3) is 0.667. The second-order valence-corrected chi connectivity index (χ2v) is 6.19. The minimum Gasteiger partial charge on any atom is -0.296 e. The smallest absolute Gasteiger partial charge is 0.130 e. The summed E-state index contributed by atoms with van der Waals surface area (Å²) in [5, 5.41) is 1.16. The molecule has 19 heavy (non-hydrogen) atoms. The van der Waals surface area contributed by atoms with E-state index in [1.165, 1.54) is 0 Å². The minimum atomic E-state index is 0.451. The van der Waals surface area contributed by atoms with Crippen LogP contribution in [0.15, 0.2) is 12.3 Å². The predicted molar refractivity (Wildman–Crippen MR) is 83.9 cm³/mol. The lowest BCUT2D eigenvalue weighted by Gasteiger charge is -2.32. The Labute approximate surface area is 127 Å². The van der Waals surface area contributed by atoms with Gasteiger partial charge in [0.25, 0.3) is 0 Å². The van der Waals surface area contributed by atoms with Crippen LogP contribution < -0.4 is 0 Å². The first-order valence-corrected chi connectivity index (χ1v) is 7.77. The van der Waals surface area contributed by atoms with Crippen LogP contribution in [-0.4, -0.2) is 22.5 Å². The van der Waals surface area contributed by atoms with Crippen LogP contribution in [0.4, 0.5) is 0 Å². The van der Waals surface area contributed by atoms with Crippen LogP contribution in [-0.2, 0) is 6.54 Å². The van der Waals surface area contributed by atoms with Crippen molar-refractivity contribution in [2.24, 2.45) is 5.92 Å². The average Bonchev–Trinajstić information content (AvgIpc) is 2.33. The third kappa shape index (κ3) is 5.29. The van der Waals surface area contributed by atoms with E-state index in [-0.39, 0.29) is 0 Å². The molecule has 1 rings (SSSR count). The van der Waals surface area contributed by atoms with Crippen LogP contribution >= 0.6 is 23.2 Å². The molecule has 0 unspecified atom stereocenters. The van der Waals surface area contributed by atoms with Gasteiger partial charge in [-0.05, 0) is 24.8 Å². The number of pyridine rings is 1. The zero-order chi connectivity index (χ0) is 14.4.